The van der Waals surface area contributed by atoms with Crippen molar-refractivity contribution in [3.63, 3.8) is 0 Å². The fourth-order valence-electron chi connectivity index (χ4n) is 2.65. The standard InChI is InChI=1S/C18H16N2O2/c1-11-5-15(6-12(2)17(11)21-9-19)16-7-13(3)18(22-10-20)14(4)8-16/h5-8H,1-4H3. The van der Waals surface area contributed by atoms with Crippen molar-refractivity contribution < 1.29 is 9.47 Å². The average molecular weight is 292 g/mol. The topological polar surface area (TPSA) is 66.0 Å². The second-order valence-corrected chi connectivity index (χ2v) is 5.27. The Labute approximate surface area is 130 Å². The van der Waals surface area contributed by atoms with Crippen molar-refractivity contribution in [1.82, 2.24) is 0 Å². The van der Waals surface area contributed by atoms with Crippen molar-refractivity contribution in [2.45, 2.75) is 27.7 Å². The van der Waals surface area contributed by atoms with Gasteiger partial charge in [0.25, 0.3) is 12.5 Å². The Morgan fingerprint density at radius 1 is 0.636 bits per heavy atom. The smallest absolute Gasteiger partial charge is 0.292 e. The summed E-state index contributed by atoms with van der Waals surface area (Å²) in [5.41, 5.74) is 5.70. The Kier molecular flexibility index (Phi) is 4.34. The molecule has 0 fully saturated rings. The molecule has 0 saturated heterocycles. The average Bonchev–Trinajstić information content (AvgIpc) is 2.46. The highest BCUT2D eigenvalue weighted by molar-refractivity contribution is 5.70. The highest BCUT2D eigenvalue weighted by Gasteiger charge is 2.11. The fourth-order valence-corrected chi connectivity index (χ4v) is 2.65. The maximum atomic E-state index is 8.70. The van der Waals surface area contributed by atoms with E-state index < -0.39 is 0 Å². The van der Waals surface area contributed by atoms with Gasteiger partial charge in [0.05, 0.1) is 0 Å². The highest BCUT2D eigenvalue weighted by atomic mass is 16.5. The zero-order chi connectivity index (χ0) is 16.3. The van der Waals surface area contributed by atoms with Crippen LogP contribution in [-0.2, 0) is 0 Å². The molecule has 0 aromatic heterocycles. The summed E-state index contributed by atoms with van der Waals surface area (Å²) in [7, 11) is 0. The molecule has 0 unspecified atom stereocenters. The maximum Gasteiger partial charge on any atom is 0.292 e. The second-order valence-electron chi connectivity index (χ2n) is 5.27. The summed E-state index contributed by atoms with van der Waals surface area (Å²) < 4.78 is 10.0. The molecular formula is C18H16N2O2. The van der Waals surface area contributed by atoms with Gasteiger partial charge in [-0.1, -0.05) is 0 Å². The van der Waals surface area contributed by atoms with Gasteiger partial charge in [-0.05, 0) is 85.3 Å². The number of hydrogen-bond donors (Lipinski definition) is 0. The van der Waals surface area contributed by atoms with Crippen LogP contribution in [0, 0.1) is 50.7 Å². The molecule has 4 nitrogen and oxygen atoms in total. The Balaban J connectivity index is 2.54. The van der Waals surface area contributed by atoms with Crippen LogP contribution in [0.5, 0.6) is 11.5 Å². The molecule has 0 spiro atoms. The van der Waals surface area contributed by atoms with Gasteiger partial charge in [-0.2, -0.15) is 0 Å². The molecule has 0 bridgehead atoms. The highest BCUT2D eigenvalue weighted by Crippen LogP contribution is 2.34. The van der Waals surface area contributed by atoms with Crippen molar-refractivity contribution in [3.8, 4) is 35.1 Å². The minimum Gasteiger partial charge on any atom is -0.387 e. The Morgan fingerprint density at radius 2 is 0.909 bits per heavy atom. The summed E-state index contributed by atoms with van der Waals surface area (Å²) in [5, 5.41) is 17.4. The first kappa shape index (κ1) is 15.4. The van der Waals surface area contributed by atoms with Gasteiger partial charge in [0.1, 0.15) is 11.5 Å². The number of benzene rings is 2. The van der Waals surface area contributed by atoms with E-state index in [4.69, 9.17) is 20.0 Å². The number of nitriles is 2. The minimum atomic E-state index is 0.601. The zero-order valence-corrected chi connectivity index (χ0v) is 13.0. The van der Waals surface area contributed by atoms with E-state index in [0.29, 0.717) is 11.5 Å². The summed E-state index contributed by atoms with van der Waals surface area (Å²) >= 11 is 0. The van der Waals surface area contributed by atoms with E-state index in [1.54, 1.807) is 12.5 Å². The van der Waals surface area contributed by atoms with Crippen LogP contribution in [0.3, 0.4) is 0 Å². The fraction of sp³-hybridized carbons (Fsp3) is 0.222. The molecule has 110 valence electrons. The van der Waals surface area contributed by atoms with Crippen LogP contribution < -0.4 is 9.47 Å². The monoisotopic (exact) mass is 292 g/mol. The number of nitrogens with zero attached hydrogens (tertiary/aromatic N) is 2. The van der Waals surface area contributed by atoms with Crippen LogP contribution in [0.25, 0.3) is 11.1 Å². The first-order chi connectivity index (χ1) is 10.5. The molecule has 0 aliphatic heterocycles. The van der Waals surface area contributed by atoms with E-state index in [9.17, 15) is 0 Å². The van der Waals surface area contributed by atoms with Crippen LogP contribution in [0.1, 0.15) is 22.3 Å². The van der Waals surface area contributed by atoms with Crippen molar-refractivity contribution in [2.75, 3.05) is 0 Å². The molecule has 0 radical (unpaired) electrons. The summed E-state index contributed by atoms with van der Waals surface area (Å²) in [5.74, 6) is 1.20. The third kappa shape index (κ3) is 2.87. The number of rotatable bonds is 3. The van der Waals surface area contributed by atoms with E-state index in [-0.39, 0.29) is 0 Å². The Bertz CT molecular complexity index is 695. The van der Waals surface area contributed by atoms with Crippen molar-refractivity contribution in [2.24, 2.45) is 0 Å². The van der Waals surface area contributed by atoms with E-state index in [2.05, 4.69) is 0 Å². The molecule has 2 rings (SSSR count). The normalized spacial score (nSPS) is 9.73. The van der Waals surface area contributed by atoms with Gasteiger partial charge in [-0.3, -0.25) is 0 Å². The third-order valence-electron chi connectivity index (χ3n) is 3.55. The first-order valence-corrected chi connectivity index (χ1v) is 6.82. The van der Waals surface area contributed by atoms with Crippen LogP contribution in [-0.4, -0.2) is 0 Å². The van der Waals surface area contributed by atoms with E-state index in [0.717, 1.165) is 33.4 Å². The molecule has 0 saturated carbocycles. The first-order valence-electron chi connectivity index (χ1n) is 6.82. The van der Waals surface area contributed by atoms with Crippen LogP contribution in [0.2, 0.25) is 0 Å². The lowest BCUT2D eigenvalue weighted by molar-refractivity contribution is 0.498. The quantitative estimate of drug-likeness (QED) is 0.791. The predicted octanol–water partition coefficient (Wildman–Crippen LogP) is 4.31. The molecular weight excluding hydrogens is 276 g/mol. The molecule has 2 aromatic rings. The Hall–Kier alpha value is -2.98. The van der Waals surface area contributed by atoms with E-state index >= 15 is 0 Å². The predicted molar refractivity (Wildman–Crippen MR) is 83.3 cm³/mol. The Morgan fingerprint density at radius 3 is 1.14 bits per heavy atom. The number of aryl methyl sites for hydroxylation is 4. The summed E-state index contributed by atoms with van der Waals surface area (Å²) in [4.78, 5) is 0. The zero-order valence-electron chi connectivity index (χ0n) is 13.0. The van der Waals surface area contributed by atoms with E-state index in [1.807, 2.05) is 52.0 Å². The van der Waals surface area contributed by atoms with Gasteiger partial charge in [0.15, 0.2) is 0 Å². The number of ether oxygens (including phenoxy) is 2. The summed E-state index contributed by atoms with van der Waals surface area (Å²) in [6.07, 6.45) is 3.43. The van der Waals surface area contributed by atoms with Crippen LogP contribution in [0.15, 0.2) is 24.3 Å². The van der Waals surface area contributed by atoms with Crippen LogP contribution in [0.4, 0.5) is 0 Å². The number of hydrogen-bond acceptors (Lipinski definition) is 4. The van der Waals surface area contributed by atoms with Gasteiger partial charge in [0.2, 0.25) is 0 Å². The molecule has 2 aromatic carbocycles. The lowest BCUT2D eigenvalue weighted by atomic mass is 9.96. The largest absolute Gasteiger partial charge is 0.387 e. The molecule has 0 amide bonds. The molecule has 0 aliphatic rings. The SMILES string of the molecule is Cc1cc(-c2cc(C)c(OC#N)c(C)c2)cc(C)c1OC#N. The van der Waals surface area contributed by atoms with Gasteiger partial charge in [-0.15, -0.1) is 10.5 Å². The van der Waals surface area contributed by atoms with Gasteiger partial charge in [0, 0.05) is 0 Å². The summed E-state index contributed by atoms with van der Waals surface area (Å²) in [6, 6.07) is 7.94. The lowest BCUT2D eigenvalue weighted by Gasteiger charge is -2.13. The van der Waals surface area contributed by atoms with Crippen LogP contribution >= 0.6 is 0 Å². The van der Waals surface area contributed by atoms with Crippen molar-refractivity contribution in [3.05, 3.63) is 46.5 Å². The van der Waals surface area contributed by atoms with Gasteiger partial charge >= 0.3 is 0 Å². The molecule has 0 N–H and O–H groups in total. The molecule has 0 atom stereocenters. The van der Waals surface area contributed by atoms with Gasteiger partial charge < -0.3 is 9.47 Å². The van der Waals surface area contributed by atoms with Crippen molar-refractivity contribution >= 4 is 0 Å². The third-order valence-corrected chi connectivity index (χ3v) is 3.55. The lowest BCUT2D eigenvalue weighted by Crippen LogP contribution is -1.94. The molecule has 0 heterocycles. The molecule has 0 aliphatic carbocycles. The molecule has 22 heavy (non-hydrogen) atoms. The van der Waals surface area contributed by atoms with Gasteiger partial charge in [-0.25, -0.2) is 0 Å². The summed E-state index contributed by atoms with van der Waals surface area (Å²) in [6.45, 7) is 7.65. The minimum absolute atomic E-state index is 0.601. The van der Waals surface area contributed by atoms with Crippen molar-refractivity contribution in [1.29, 1.82) is 10.5 Å². The molecule has 4 heteroatoms. The second kappa shape index (κ2) is 6.20. The van der Waals surface area contributed by atoms with E-state index in [1.165, 1.54) is 0 Å². The maximum absolute atomic E-state index is 8.70.